The van der Waals surface area contributed by atoms with Crippen LogP contribution in [0.15, 0.2) is 48.7 Å². The Morgan fingerprint density at radius 3 is 2.81 bits per heavy atom. The highest BCUT2D eigenvalue weighted by Crippen LogP contribution is 2.20. The summed E-state index contributed by atoms with van der Waals surface area (Å²) in [4.78, 5) is 30.1. The van der Waals surface area contributed by atoms with Crippen molar-refractivity contribution in [3.05, 3.63) is 54.2 Å². The van der Waals surface area contributed by atoms with Crippen molar-refractivity contribution < 1.29 is 9.59 Å². The van der Waals surface area contributed by atoms with Crippen molar-refractivity contribution in [2.45, 2.75) is 17.9 Å². The van der Waals surface area contributed by atoms with Crippen LogP contribution in [-0.4, -0.2) is 41.7 Å². The van der Waals surface area contributed by atoms with E-state index in [-0.39, 0.29) is 17.1 Å². The number of anilines is 2. The van der Waals surface area contributed by atoms with E-state index in [1.165, 1.54) is 5.56 Å². The van der Waals surface area contributed by atoms with Gasteiger partial charge in [0.1, 0.15) is 5.82 Å². The maximum absolute atomic E-state index is 12.3. The van der Waals surface area contributed by atoms with E-state index in [4.69, 9.17) is 0 Å². The summed E-state index contributed by atoms with van der Waals surface area (Å²) >= 11 is 1.60. The van der Waals surface area contributed by atoms with E-state index < -0.39 is 0 Å². The lowest BCUT2D eigenvalue weighted by atomic mass is 10.2. The van der Waals surface area contributed by atoms with Gasteiger partial charge in [-0.25, -0.2) is 4.98 Å². The minimum Gasteiger partial charge on any atom is -0.353 e. The fraction of sp³-hybridized carbons (Fsp3) is 0.316. The Morgan fingerprint density at radius 2 is 2.12 bits per heavy atom. The zero-order valence-electron chi connectivity index (χ0n) is 14.6. The SMILES string of the molecule is C[C@H](SCc1ccccc1)C(=O)Nc1ccc(N2CCNC(=O)C2)nc1. The number of nitrogens with zero attached hydrogens (tertiary/aromatic N) is 2. The summed E-state index contributed by atoms with van der Waals surface area (Å²) in [6, 6.07) is 13.7. The first-order valence-electron chi connectivity index (χ1n) is 8.56. The Kier molecular flexibility index (Phi) is 6.12. The lowest BCUT2D eigenvalue weighted by Gasteiger charge is -2.27. The zero-order valence-corrected chi connectivity index (χ0v) is 15.5. The number of benzene rings is 1. The molecule has 2 aromatic rings. The highest BCUT2D eigenvalue weighted by molar-refractivity contribution is 7.99. The second kappa shape index (κ2) is 8.71. The maximum Gasteiger partial charge on any atom is 0.239 e. The number of pyridine rings is 1. The molecular weight excluding hydrogens is 348 g/mol. The molecule has 0 unspecified atom stereocenters. The lowest BCUT2D eigenvalue weighted by Crippen LogP contribution is -2.48. The summed E-state index contributed by atoms with van der Waals surface area (Å²) in [6.45, 7) is 3.57. The molecule has 1 aliphatic rings. The van der Waals surface area contributed by atoms with Crippen LogP contribution >= 0.6 is 11.8 Å². The second-order valence-electron chi connectivity index (χ2n) is 6.10. The summed E-state index contributed by atoms with van der Waals surface area (Å²) in [6.07, 6.45) is 1.63. The van der Waals surface area contributed by atoms with Crippen LogP contribution in [0.5, 0.6) is 0 Å². The normalized spacial score (nSPS) is 15.3. The summed E-state index contributed by atoms with van der Waals surface area (Å²) in [5, 5.41) is 5.52. The van der Waals surface area contributed by atoms with Crippen molar-refractivity contribution in [3.63, 3.8) is 0 Å². The molecule has 1 saturated heterocycles. The van der Waals surface area contributed by atoms with Crippen LogP contribution in [0.4, 0.5) is 11.5 Å². The summed E-state index contributed by atoms with van der Waals surface area (Å²) in [7, 11) is 0. The number of carbonyl (C=O) groups excluding carboxylic acids is 2. The van der Waals surface area contributed by atoms with Gasteiger partial charge in [0.15, 0.2) is 0 Å². The molecule has 0 saturated carbocycles. The number of thioether (sulfide) groups is 1. The van der Waals surface area contributed by atoms with Gasteiger partial charge in [-0.2, -0.15) is 0 Å². The molecule has 0 radical (unpaired) electrons. The van der Waals surface area contributed by atoms with Crippen molar-refractivity contribution in [1.82, 2.24) is 10.3 Å². The summed E-state index contributed by atoms with van der Waals surface area (Å²) in [5.74, 6) is 1.49. The molecule has 7 heteroatoms. The number of hydrogen-bond acceptors (Lipinski definition) is 5. The third kappa shape index (κ3) is 4.98. The van der Waals surface area contributed by atoms with Gasteiger partial charge in [-0.05, 0) is 24.6 Å². The van der Waals surface area contributed by atoms with Gasteiger partial charge in [0.25, 0.3) is 0 Å². The highest BCUT2D eigenvalue weighted by atomic mass is 32.2. The average molecular weight is 370 g/mol. The monoisotopic (exact) mass is 370 g/mol. The third-order valence-corrected chi connectivity index (χ3v) is 5.30. The highest BCUT2D eigenvalue weighted by Gasteiger charge is 2.18. The average Bonchev–Trinajstić information content (AvgIpc) is 2.67. The standard InChI is InChI=1S/C19H22N4O2S/c1-14(26-13-15-5-3-2-4-6-15)19(25)22-16-7-8-17(21-11-16)23-10-9-20-18(24)12-23/h2-8,11,14H,9-10,12-13H2,1H3,(H,20,24)(H,22,25)/t14-/m0/s1. The van der Waals surface area contributed by atoms with Gasteiger partial charge in [-0.15, -0.1) is 11.8 Å². The maximum atomic E-state index is 12.3. The molecule has 0 spiro atoms. The summed E-state index contributed by atoms with van der Waals surface area (Å²) < 4.78 is 0. The Balaban J connectivity index is 1.51. The molecule has 1 aliphatic heterocycles. The fourth-order valence-electron chi connectivity index (χ4n) is 2.60. The van der Waals surface area contributed by atoms with E-state index >= 15 is 0 Å². The van der Waals surface area contributed by atoms with Crippen LogP contribution in [0.1, 0.15) is 12.5 Å². The minimum atomic E-state index is -0.166. The lowest BCUT2D eigenvalue weighted by molar-refractivity contribution is -0.120. The Labute approximate surface area is 157 Å². The topological polar surface area (TPSA) is 74.3 Å². The minimum absolute atomic E-state index is 0.000282. The second-order valence-corrected chi connectivity index (χ2v) is 7.43. The molecule has 136 valence electrons. The van der Waals surface area contributed by atoms with Gasteiger partial charge in [0.05, 0.1) is 23.7 Å². The number of hydrogen-bond donors (Lipinski definition) is 2. The van der Waals surface area contributed by atoms with Gasteiger partial charge in [-0.1, -0.05) is 30.3 Å². The molecule has 1 aromatic heterocycles. The number of nitrogens with one attached hydrogen (secondary N) is 2. The van der Waals surface area contributed by atoms with E-state index in [1.807, 2.05) is 42.2 Å². The predicted molar refractivity (Wildman–Crippen MR) is 105 cm³/mol. The number of rotatable bonds is 6. The first kappa shape index (κ1) is 18.3. The number of carbonyl (C=O) groups is 2. The molecule has 0 bridgehead atoms. The van der Waals surface area contributed by atoms with E-state index in [0.717, 1.165) is 18.1 Å². The van der Waals surface area contributed by atoms with Gasteiger partial charge in [0, 0.05) is 18.8 Å². The van der Waals surface area contributed by atoms with Crippen molar-refractivity contribution in [2.24, 2.45) is 0 Å². The van der Waals surface area contributed by atoms with Crippen molar-refractivity contribution in [3.8, 4) is 0 Å². The first-order valence-corrected chi connectivity index (χ1v) is 9.61. The Morgan fingerprint density at radius 1 is 1.31 bits per heavy atom. The van der Waals surface area contributed by atoms with Crippen LogP contribution in [0.25, 0.3) is 0 Å². The number of amides is 2. The molecule has 1 aromatic carbocycles. The van der Waals surface area contributed by atoms with Crippen molar-refractivity contribution in [2.75, 3.05) is 29.9 Å². The molecule has 2 amide bonds. The molecule has 2 heterocycles. The smallest absolute Gasteiger partial charge is 0.239 e. The van der Waals surface area contributed by atoms with Gasteiger partial charge in [0.2, 0.25) is 11.8 Å². The van der Waals surface area contributed by atoms with Crippen LogP contribution in [-0.2, 0) is 15.3 Å². The quantitative estimate of drug-likeness (QED) is 0.816. The van der Waals surface area contributed by atoms with Gasteiger partial charge in [-0.3, -0.25) is 9.59 Å². The Bertz CT molecular complexity index is 752. The molecule has 2 N–H and O–H groups in total. The molecular formula is C19H22N4O2S. The zero-order chi connectivity index (χ0) is 18.4. The number of aromatic nitrogens is 1. The first-order chi connectivity index (χ1) is 12.6. The van der Waals surface area contributed by atoms with E-state index in [0.29, 0.717) is 18.8 Å². The fourth-order valence-corrected chi connectivity index (χ4v) is 3.44. The molecule has 1 fully saturated rings. The van der Waals surface area contributed by atoms with Gasteiger partial charge >= 0.3 is 0 Å². The van der Waals surface area contributed by atoms with E-state index in [9.17, 15) is 9.59 Å². The Hall–Kier alpha value is -2.54. The van der Waals surface area contributed by atoms with E-state index in [2.05, 4.69) is 27.8 Å². The molecule has 6 nitrogen and oxygen atoms in total. The van der Waals surface area contributed by atoms with Gasteiger partial charge < -0.3 is 15.5 Å². The largest absolute Gasteiger partial charge is 0.353 e. The third-order valence-electron chi connectivity index (χ3n) is 4.09. The van der Waals surface area contributed by atoms with Crippen LogP contribution in [0, 0.1) is 0 Å². The van der Waals surface area contributed by atoms with E-state index in [1.54, 1.807) is 18.0 Å². The van der Waals surface area contributed by atoms with Crippen LogP contribution in [0.3, 0.4) is 0 Å². The molecule has 1 atom stereocenters. The molecule has 0 aliphatic carbocycles. The predicted octanol–water partition coefficient (Wildman–Crippen LogP) is 2.28. The number of piperazine rings is 1. The molecule has 26 heavy (non-hydrogen) atoms. The van der Waals surface area contributed by atoms with Crippen molar-refractivity contribution in [1.29, 1.82) is 0 Å². The van der Waals surface area contributed by atoms with Crippen molar-refractivity contribution >= 4 is 35.1 Å². The van der Waals surface area contributed by atoms with Crippen LogP contribution in [0.2, 0.25) is 0 Å². The van der Waals surface area contributed by atoms with Crippen LogP contribution < -0.4 is 15.5 Å². The summed E-state index contributed by atoms with van der Waals surface area (Å²) in [5.41, 5.74) is 1.86. The molecule has 3 rings (SSSR count).